The molecule has 0 aliphatic heterocycles. The van der Waals surface area contributed by atoms with Crippen molar-refractivity contribution in [1.29, 1.82) is 0 Å². The molecule has 1 heterocycles. The zero-order valence-corrected chi connectivity index (χ0v) is 15.5. The number of nitro benzene ring substituents is 1. The van der Waals surface area contributed by atoms with E-state index in [0.29, 0.717) is 17.8 Å². The van der Waals surface area contributed by atoms with Gasteiger partial charge in [0.15, 0.2) is 0 Å². The molecule has 0 unspecified atom stereocenters. The standard InChI is InChI=1S/C21H19N3O4/c1-14-6-3-4-7-16(14)13-23-11-5-8-18(21(23)26)20(25)22-19-10-9-17(24(27)28)12-15(19)2/h3-12H,13H2,1-2H3,(H,22,25). The SMILES string of the molecule is Cc1ccccc1Cn1cccc(C(=O)Nc2ccc([N+](=O)[O-])cc2C)c1=O. The second kappa shape index (κ2) is 7.87. The largest absolute Gasteiger partial charge is 0.322 e. The van der Waals surface area contributed by atoms with Crippen LogP contribution in [0.1, 0.15) is 27.0 Å². The first-order valence-corrected chi connectivity index (χ1v) is 8.67. The van der Waals surface area contributed by atoms with E-state index in [1.807, 2.05) is 31.2 Å². The van der Waals surface area contributed by atoms with Crippen LogP contribution in [0.5, 0.6) is 0 Å². The topological polar surface area (TPSA) is 94.2 Å². The van der Waals surface area contributed by atoms with Gasteiger partial charge >= 0.3 is 0 Å². The van der Waals surface area contributed by atoms with Crippen LogP contribution in [-0.4, -0.2) is 15.4 Å². The third kappa shape index (κ3) is 3.98. The fourth-order valence-electron chi connectivity index (χ4n) is 2.90. The number of carbonyl (C=O) groups excluding carboxylic acids is 1. The van der Waals surface area contributed by atoms with Crippen LogP contribution in [0.2, 0.25) is 0 Å². The summed E-state index contributed by atoms with van der Waals surface area (Å²) in [6, 6.07) is 15.0. The minimum Gasteiger partial charge on any atom is -0.322 e. The zero-order chi connectivity index (χ0) is 20.3. The van der Waals surface area contributed by atoms with Crippen LogP contribution in [0.4, 0.5) is 11.4 Å². The van der Waals surface area contributed by atoms with E-state index in [1.54, 1.807) is 19.2 Å². The number of aromatic nitrogens is 1. The second-order valence-electron chi connectivity index (χ2n) is 6.49. The van der Waals surface area contributed by atoms with Gasteiger partial charge in [0.2, 0.25) is 0 Å². The fraction of sp³-hybridized carbons (Fsp3) is 0.143. The predicted octanol–water partition coefficient (Wildman–Crippen LogP) is 3.67. The lowest BCUT2D eigenvalue weighted by molar-refractivity contribution is -0.384. The molecule has 3 aromatic rings. The van der Waals surface area contributed by atoms with E-state index in [4.69, 9.17) is 0 Å². The van der Waals surface area contributed by atoms with Gasteiger partial charge in [0.1, 0.15) is 5.56 Å². The van der Waals surface area contributed by atoms with E-state index in [2.05, 4.69) is 5.32 Å². The van der Waals surface area contributed by atoms with E-state index < -0.39 is 16.4 Å². The van der Waals surface area contributed by atoms with Gasteiger partial charge in [-0.15, -0.1) is 0 Å². The molecule has 7 nitrogen and oxygen atoms in total. The third-order valence-corrected chi connectivity index (χ3v) is 4.54. The Balaban J connectivity index is 1.86. The Labute approximate surface area is 161 Å². The van der Waals surface area contributed by atoms with E-state index in [-0.39, 0.29) is 11.3 Å². The molecule has 0 atom stereocenters. The highest BCUT2D eigenvalue weighted by molar-refractivity contribution is 6.04. The summed E-state index contributed by atoms with van der Waals surface area (Å²) in [5, 5.41) is 13.5. The number of benzene rings is 2. The van der Waals surface area contributed by atoms with Gasteiger partial charge in [-0.25, -0.2) is 0 Å². The Hall–Kier alpha value is -3.74. The van der Waals surface area contributed by atoms with Gasteiger partial charge in [-0.2, -0.15) is 0 Å². The molecule has 142 valence electrons. The van der Waals surface area contributed by atoms with Gasteiger partial charge in [0.25, 0.3) is 17.2 Å². The maximum atomic E-state index is 12.8. The van der Waals surface area contributed by atoms with Crippen LogP contribution in [0, 0.1) is 24.0 Å². The Morgan fingerprint density at radius 1 is 1.07 bits per heavy atom. The van der Waals surface area contributed by atoms with E-state index in [1.165, 1.54) is 28.8 Å². The molecular weight excluding hydrogens is 358 g/mol. The molecule has 7 heteroatoms. The van der Waals surface area contributed by atoms with Crippen molar-refractivity contribution >= 4 is 17.3 Å². The maximum Gasteiger partial charge on any atom is 0.269 e. The highest BCUT2D eigenvalue weighted by Gasteiger charge is 2.15. The number of hydrogen-bond donors (Lipinski definition) is 1. The number of rotatable bonds is 5. The van der Waals surface area contributed by atoms with Gasteiger partial charge in [0.05, 0.1) is 11.5 Å². The summed E-state index contributed by atoms with van der Waals surface area (Å²) in [7, 11) is 0. The molecule has 28 heavy (non-hydrogen) atoms. The van der Waals surface area contributed by atoms with Crippen molar-refractivity contribution in [2.45, 2.75) is 20.4 Å². The van der Waals surface area contributed by atoms with Crippen molar-refractivity contribution in [2.75, 3.05) is 5.32 Å². The van der Waals surface area contributed by atoms with Crippen LogP contribution in [0.25, 0.3) is 0 Å². The Morgan fingerprint density at radius 3 is 2.50 bits per heavy atom. The van der Waals surface area contributed by atoms with Crippen LogP contribution in [0.15, 0.2) is 65.6 Å². The average molecular weight is 377 g/mol. The molecule has 3 rings (SSSR count). The van der Waals surface area contributed by atoms with E-state index in [9.17, 15) is 19.7 Å². The lowest BCUT2D eigenvalue weighted by atomic mass is 10.1. The first-order valence-electron chi connectivity index (χ1n) is 8.67. The van der Waals surface area contributed by atoms with Gasteiger partial charge in [0, 0.05) is 24.0 Å². The van der Waals surface area contributed by atoms with Gasteiger partial charge < -0.3 is 9.88 Å². The molecule has 1 N–H and O–H groups in total. The van der Waals surface area contributed by atoms with Gasteiger partial charge in [-0.3, -0.25) is 19.7 Å². The molecule has 0 spiro atoms. The number of amides is 1. The highest BCUT2D eigenvalue weighted by Crippen LogP contribution is 2.21. The minimum absolute atomic E-state index is 0.00818. The molecule has 0 saturated carbocycles. The number of nitro groups is 1. The molecule has 0 bridgehead atoms. The van der Waals surface area contributed by atoms with Gasteiger partial charge in [-0.05, 0) is 48.7 Å². The quantitative estimate of drug-likeness (QED) is 0.542. The van der Waals surface area contributed by atoms with Crippen LogP contribution < -0.4 is 10.9 Å². The summed E-state index contributed by atoms with van der Waals surface area (Å²) in [5.74, 6) is -0.555. The lowest BCUT2D eigenvalue weighted by Crippen LogP contribution is -2.29. The van der Waals surface area contributed by atoms with Crippen LogP contribution in [0.3, 0.4) is 0 Å². The third-order valence-electron chi connectivity index (χ3n) is 4.54. The Kier molecular flexibility index (Phi) is 5.35. The average Bonchev–Trinajstić information content (AvgIpc) is 2.66. The second-order valence-corrected chi connectivity index (χ2v) is 6.49. The molecule has 0 aliphatic carbocycles. The van der Waals surface area contributed by atoms with Crippen LogP contribution >= 0.6 is 0 Å². The molecule has 0 aliphatic rings. The van der Waals surface area contributed by atoms with Gasteiger partial charge in [-0.1, -0.05) is 24.3 Å². The fourth-order valence-corrected chi connectivity index (χ4v) is 2.90. The number of anilines is 1. The monoisotopic (exact) mass is 377 g/mol. The van der Waals surface area contributed by atoms with Crippen molar-refractivity contribution in [1.82, 2.24) is 4.57 Å². The number of pyridine rings is 1. The molecule has 1 aromatic heterocycles. The number of hydrogen-bond acceptors (Lipinski definition) is 4. The lowest BCUT2D eigenvalue weighted by Gasteiger charge is -2.11. The number of carbonyl (C=O) groups is 1. The summed E-state index contributed by atoms with van der Waals surface area (Å²) in [6.07, 6.45) is 1.64. The number of aryl methyl sites for hydroxylation is 2. The first kappa shape index (κ1) is 19.0. The molecule has 1 amide bonds. The summed E-state index contributed by atoms with van der Waals surface area (Å²) < 4.78 is 1.49. The highest BCUT2D eigenvalue weighted by atomic mass is 16.6. The molecule has 0 saturated heterocycles. The van der Waals surface area contributed by atoms with Crippen molar-refractivity contribution in [3.8, 4) is 0 Å². The summed E-state index contributed by atoms with van der Waals surface area (Å²) in [5.41, 5.74) is 2.56. The van der Waals surface area contributed by atoms with Crippen molar-refractivity contribution < 1.29 is 9.72 Å². The van der Waals surface area contributed by atoms with Crippen molar-refractivity contribution in [2.24, 2.45) is 0 Å². The Morgan fingerprint density at radius 2 is 1.82 bits per heavy atom. The summed E-state index contributed by atoms with van der Waals surface area (Å²) >= 11 is 0. The van der Waals surface area contributed by atoms with E-state index in [0.717, 1.165) is 11.1 Å². The molecule has 0 radical (unpaired) electrons. The summed E-state index contributed by atoms with van der Waals surface area (Å²) in [4.78, 5) is 35.7. The Bertz CT molecular complexity index is 1120. The number of non-ortho nitro benzene ring substituents is 1. The van der Waals surface area contributed by atoms with Crippen molar-refractivity contribution in [3.63, 3.8) is 0 Å². The molecule has 2 aromatic carbocycles. The van der Waals surface area contributed by atoms with Crippen LogP contribution in [-0.2, 0) is 6.54 Å². The number of nitrogens with one attached hydrogen (secondary N) is 1. The summed E-state index contributed by atoms with van der Waals surface area (Å²) in [6.45, 7) is 3.99. The first-order chi connectivity index (χ1) is 13.4. The zero-order valence-electron chi connectivity index (χ0n) is 15.5. The molecule has 0 fully saturated rings. The maximum absolute atomic E-state index is 12.8. The number of nitrogens with zero attached hydrogens (tertiary/aromatic N) is 2. The van der Waals surface area contributed by atoms with E-state index >= 15 is 0 Å². The predicted molar refractivity (Wildman–Crippen MR) is 107 cm³/mol. The minimum atomic E-state index is -0.555. The normalized spacial score (nSPS) is 10.5. The smallest absolute Gasteiger partial charge is 0.269 e. The molecular formula is C21H19N3O4. The van der Waals surface area contributed by atoms with Crippen molar-refractivity contribution in [3.05, 3.63) is 104 Å².